The first-order chi connectivity index (χ1) is 13.2. The lowest BCUT2D eigenvalue weighted by Gasteiger charge is -2.05. The van der Waals surface area contributed by atoms with Gasteiger partial charge in [0.1, 0.15) is 11.5 Å². The fourth-order valence-corrected chi connectivity index (χ4v) is 2.38. The third kappa shape index (κ3) is 6.12. The van der Waals surface area contributed by atoms with Crippen LogP contribution in [0.1, 0.15) is 11.3 Å². The molecule has 1 aromatic heterocycles. The van der Waals surface area contributed by atoms with Gasteiger partial charge in [-0.1, -0.05) is 35.5 Å². The summed E-state index contributed by atoms with van der Waals surface area (Å²) in [5.41, 5.74) is 5.23. The Hall–Kier alpha value is -3.39. The molecule has 0 saturated heterocycles. The molecular weight excluding hydrogens is 363 g/mol. The molecule has 3 aromatic rings. The summed E-state index contributed by atoms with van der Waals surface area (Å²) in [5.74, 6) is -0.303. The maximum Gasteiger partial charge on any atom is 0.191 e. The summed E-state index contributed by atoms with van der Waals surface area (Å²) in [6, 6.07) is 15.9. The molecule has 0 bridgehead atoms. The molecule has 0 aliphatic carbocycles. The third-order valence-electron chi connectivity index (χ3n) is 3.44. The number of allylic oxidation sites excluding steroid dienone is 1. The van der Waals surface area contributed by atoms with E-state index >= 15 is 0 Å². The quantitative estimate of drug-likeness (QED) is 0.390. The molecule has 0 radical (unpaired) electrons. The Morgan fingerprint density at radius 1 is 1.15 bits per heavy atom. The van der Waals surface area contributed by atoms with E-state index in [0.29, 0.717) is 17.3 Å². The summed E-state index contributed by atoms with van der Waals surface area (Å²) in [6.07, 6.45) is 6.92. The van der Waals surface area contributed by atoms with E-state index in [1.54, 1.807) is 35.2 Å². The maximum absolute atomic E-state index is 12.8. The van der Waals surface area contributed by atoms with Gasteiger partial charge in [-0.25, -0.2) is 9.07 Å². The van der Waals surface area contributed by atoms with Gasteiger partial charge in [0.2, 0.25) is 0 Å². The van der Waals surface area contributed by atoms with Crippen LogP contribution in [0.5, 0.6) is 0 Å². The average Bonchev–Trinajstić information content (AvgIpc) is 3.11. The third-order valence-corrected chi connectivity index (χ3v) is 3.63. The normalized spacial score (nSPS) is 11.1. The zero-order valence-electron chi connectivity index (χ0n) is 14.3. The first-order valence-corrected chi connectivity index (χ1v) is 8.56. The van der Waals surface area contributed by atoms with Gasteiger partial charge >= 0.3 is 0 Å². The molecule has 0 amide bonds. The van der Waals surface area contributed by atoms with Crippen molar-refractivity contribution >= 4 is 35.3 Å². The fraction of sp³-hybridized carbons (Fsp3) is 0.0526. The SMILES string of the molecule is Fc1ccc(NC(=S)N/N=C\C=C\c2cn(Cc3ccccc3)nn2)cc1. The smallest absolute Gasteiger partial charge is 0.191 e. The van der Waals surface area contributed by atoms with Crippen molar-refractivity contribution in [3.8, 4) is 0 Å². The molecule has 0 fully saturated rings. The van der Waals surface area contributed by atoms with Crippen LogP contribution in [0.4, 0.5) is 10.1 Å². The van der Waals surface area contributed by atoms with Crippen molar-refractivity contribution in [1.29, 1.82) is 0 Å². The van der Waals surface area contributed by atoms with Gasteiger partial charge in [-0.2, -0.15) is 5.10 Å². The Kier molecular flexibility index (Phi) is 6.37. The number of aromatic nitrogens is 3. The molecule has 3 rings (SSSR count). The number of halogens is 1. The van der Waals surface area contributed by atoms with Crippen molar-refractivity contribution in [2.24, 2.45) is 5.10 Å². The molecule has 1 heterocycles. The van der Waals surface area contributed by atoms with Crippen LogP contribution < -0.4 is 10.7 Å². The minimum absolute atomic E-state index is 0.303. The van der Waals surface area contributed by atoms with E-state index in [2.05, 4.69) is 26.2 Å². The predicted octanol–water partition coefficient (Wildman–Crippen LogP) is 3.45. The molecule has 27 heavy (non-hydrogen) atoms. The highest BCUT2D eigenvalue weighted by Gasteiger charge is 1.98. The summed E-state index contributed by atoms with van der Waals surface area (Å²) in [5, 5.41) is 15.4. The molecule has 0 unspecified atom stereocenters. The van der Waals surface area contributed by atoms with Crippen LogP contribution in [-0.2, 0) is 6.54 Å². The first-order valence-electron chi connectivity index (χ1n) is 8.15. The lowest BCUT2D eigenvalue weighted by molar-refractivity contribution is 0.628. The Labute approximate surface area is 161 Å². The number of hydrogen-bond acceptors (Lipinski definition) is 4. The zero-order chi connectivity index (χ0) is 18.9. The number of benzene rings is 2. The maximum atomic E-state index is 12.8. The highest BCUT2D eigenvalue weighted by molar-refractivity contribution is 7.80. The standard InChI is InChI=1S/C19H17FN6S/c20-16-8-10-17(11-9-16)22-19(27)24-21-12-4-7-18-14-26(25-23-18)13-15-5-2-1-3-6-15/h1-12,14H,13H2,(H2,22,24,27)/b7-4+,21-12-. The van der Waals surface area contributed by atoms with Crippen LogP contribution in [0, 0.1) is 5.82 Å². The fourth-order valence-electron chi connectivity index (χ4n) is 2.21. The topological polar surface area (TPSA) is 67.1 Å². The van der Waals surface area contributed by atoms with E-state index in [-0.39, 0.29) is 5.82 Å². The van der Waals surface area contributed by atoms with E-state index in [9.17, 15) is 4.39 Å². The summed E-state index contributed by atoms with van der Waals surface area (Å²) in [6.45, 7) is 0.667. The van der Waals surface area contributed by atoms with E-state index in [1.165, 1.54) is 12.1 Å². The number of hydrogen-bond donors (Lipinski definition) is 2. The van der Waals surface area contributed by atoms with Crippen molar-refractivity contribution in [2.75, 3.05) is 5.32 Å². The minimum atomic E-state index is -0.303. The van der Waals surface area contributed by atoms with Gasteiger partial charge in [0, 0.05) is 11.9 Å². The van der Waals surface area contributed by atoms with E-state index < -0.39 is 0 Å². The van der Waals surface area contributed by atoms with Crippen molar-refractivity contribution in [3.63, 3.8) is 0 Å². The molecule has 0 saturated carbocycles. The molecule has 6 nitrogen and oxygen atoms in total. The molecule has 0 spiro atoms. The van der Waals surface area contributed by atoms with Crippen LogP contribution in [-0.4, -0.2) is 26.3 Å². The van der Waals surface area contributed by atoms with Gasteiger partial charge in [0.05, 0.1) is 12.7 Å². The largest absolute Gasteiger partial charge is 0.331 e. The van der Waals surface area contributed by atoms with Gasteiger partial charge < -0.3 is 5.32 Å². The highest BCUT2D eigenvalue weighted by atomic mass is 32.1. The monoisotopic (exact) mass is 380 g/mol. The number of thiocarbonyl (C=S) groups is 1. The molecule has 8 heteroatoms. The lowest BCUT2D eigenvalue weighted by atomic mass is 10.2. The molecule has 2 N–H and O–H groups in total. The molecule has 136 valence electrons. The number of nitrogens with one attached hydrogen (secondary N) is 2. The van der Waals surface area contributed by atoms with Crippen molar-refractivity contribution < 1.29 is 4.39 Å². The van der Waals surface area contributed by atoms with Crippen molar-refractivity contribution in [3.05, 3.63) is 83.9 Å². The van der Waals surface area contributed by atoms with Gasteiger partial charge in [-0.05, 0) is 54.2 Å². The lowest BCUT2D eigenvalue weighted by Crippen LogP contribution is -2.23. The minimum Gasteiger partial charge on any atom is -0.331 e. The van der Waals surface area contributed by atoms with Gasteiger partial charge in [-0.3, -0.25) is 5.43 Å². The Morgan fingerprint density at radius 3 is 2.70 bits per heavy atom. The van der Waals surface area contributed by atoms with Gasteiger partial charge in [0.25, 0.3) is 0 Å². The second-order valence-electron chi connectivity index (χ2n) is 5.54. The average molecular weight is 380 g/mol. The van der Waals surface area contributed by atoms with Gasteiger partial charge in [0.15, 0.2) is 5.11 Å². The van der Waals surface area contributed by atoms with E-state index in [1.807, 2.05) is 36.5 Å². The summed E-state index contributed by atoms with van der Waals surface area (Å²) in [4.78, 5) is 0. The zero-order valence-corrected chi connectivity index (χ0v) is 15.1. The second kappa shape index (κ2) is 9.35. The molecular formula is C19H17FN6S. The van der Waals surface area contributed by atoms with E-state index in [0.717, 1.165) is 11.3 Å². The van der Waals surface area contributed by atoms with Crippen LogP contribution >= 0.6 is 12.2 Å². The molecule has 2 aromatic carbocycles. The van der Waals surface area contributed by atoms with Crippen LogP contribution in [0.3, 0.4) is 0 Å². The Balaban J connectivity index is 1.44. The second-order valence-corrected chi connectivity index (χ2v) is 5.94. The Bertz CT molecular complexity index is 934. The predicted molar refractivity (Wildman–Crippen MR) is 109 cm³/mol. The van der Waals surface area contributed by atoms with E-state index in [4.69, 9.17) is 12.2 Å². The number of rotatable bonds is 6. The van der Waals surface area contributed by atoms with Crippen LogP contribution in [0.25, 0.3) is 6.08 Å². The number of hydrazone groups is 1. The first kappa shape index (κ1) is 18.4. The Morgan fingerprint density at radius 2 is 1.93 bits per heavy atom. The number of anilines is 1. The van der Waals surface area contributed by atoms with Crippen molar-refractivity contribution in [2.45, 2.75) is 6.54 Å². The van der Waals surface area contributed by atoms with Crippen LogP contribution in [0.2, 0.25) is 0 Å². The molecule has 0 atom stereocenters. The highest BCUT2D eigenvalue weighted by Crippen LogP contribution is 2.07. The van der Waals surface area contributed by atoms with Crippen LogP contribution in [0.15, 0.2) is 72.0 Å². The number of nitrogens with zero attached hydrogens (tertiary/aromatic N) is 4. The summed E-state index contributed by atoms with van der Waals surface area (Å²) in [7, 11) is 0. The molecule has 0 aliphatic rings. The summed E-state index contributed by atoms with van der Waals surface area (Å²) >= 11 is 5.10. The van der Waals surface area contributed by atoms with Crippen molar-refractivity contribution in [1.82, 2.24) is 20.4 Å². The molecule has 0 aliphatic heterocycles. The van der Waals surface area contributed by atoms with Gasteiger partial charge in [-0.15, -0.1) is 5.10 Å². The summed E-state index contributed by atoms with van der Waals surface area (Å²) < 4.78 is 14.6.